The Morgan fingerprint density at radius 1 is 1.00 bits per heavy atom. The highest BCUT2D eigenvalue weighted by Crippen LogP contribution is 2.31. The van der Waals surface area contributed by atoms with Gasteiger partial charge in [-0.3, -0.25) is 0 Å². The van der Waals surface area contributed by atoms with Crippen molar-refractivity contribution in [2.45, 2.75) is 18.7 Å². The summed E-state index contributed by atoms with van der Waals surface area (Å²) in [6.07, 6.45) is -3.81. The van der Waals surface area contributed by atoms with Gasteiger partial charge < -0.3 is 10.1 Å². The lowest BCUT2D eigenvalue weighted by Gasteiger charge is -2.20. The summed E-state index contributed by atoms with van der Waals surface area (Å²) in [5, 5.41) is 3.05. The third-order valence-corrected chi connectivity index (χ3v) is 3.29. The highest BCUT2D eigenvalue weighted by Gasteiger charge is 2.30. The molecule has 1 atom stereocenters. The minimum Gasteiger partial charge on any atom is -0.486 e. The largest absolute Gasteiger partial charge is 0.486 e. The summed E-state index contributed by atoms with van der Waals surface area (Å²) in [5.74, 6) is 0.429. The minimum absolute atomic E-state index is 0. The van der Waals surface area contributed by atoms with E-state index in [1.54, 1.807) is 0 Å². The van der Waals surface area contributed by atoms with E-state index in [9.17, 15) is 13.2 Å². The van der Waals surface area contributed by atoms with Crippen LogP contribution < -0.4 is 10.1 Å². The summed E-state index contributed by atoms with van der Waals surface area (Å²) >= 11 is 0. The summed E-state index contributed by atoms with van der Waals surface area (Å²) in [6.45, 7) is 0.750. The molecule has 0 fully saturated rings. The van der Waals surface area contributed by atoms with E-state index in [0.29, 0.717) is 5.75 Å². The second kappa shape index (κ2) is 8.79. The number of hydrogen-bond acceptors (Lipinski definition) is 2. The van der Waals surface area contributed by atoms with Crippen molar-refractivity contribution in [1.82, 2.24) is 5.32 Å². The van der Waals surface area contributed by atoms with Crippen LogP contribution in [0.2, 0.25) is 0 Å². The first kappa shape index (κ1) is 19.3. The Labute approximate surface area is 140 Å². The quantitative estimate of drug-likeness (QED) is 0.802. The zero-order chi connectivity index (χ0) is 16.0. The van der Waals surface area contributed by atoms with Gasteiger partial charge >= 0.3 is 6.18 Å². The van der Waals surface area contributed by atoms with Crippen molar-refractivity contribution >= 4 is 12.4 Å². The van der Waals surface area contributed by atoms with E-state index in [1.807, 2.05) is 37.4 Å². The second-order valence-electron chi connectivity index (χ2n) is 4.93. The van der Waals surface area contributed by atoms with E-state index in [4.69, 9.17) is 4.74 Å². The predicted octanol–water partition coefficient (Wildman–Crippen LogP) is 4.86. The van der Waals surface area contributed by atoms with Crippen molar-refractivity contribution in [3.05, 3.63) is 65.7 Å². The van der Waals surface area contributed by atoms with Crippen molar-refractivity contribution < 1.29 is 17.9 Å². The van der Waals surface area contributed by atoms with Crippen LogP contribution in [0.3, 0.4) is 0 Å². The van der Waals surface area contributed by atoms with Crippen molar-refractivity contribution in [2.75, 3.05) is 13.6 Å². The lowest BCUT2D eigenvalue weighted by Crippen LogP contribution is -2.16. The van der Waals surface area contributed by atoms with E-state index in [0.717, 1.165) is 30.7 Å². The molecule has 0 saturated carbocycles. The number of halogens is 4. The molecule has 0 heterocycles. The summed E-state index contributed by atoms with van der Waals surface area (Å²) in [7, 11) is 1.85. The Balaban J connectivity index is 0.00000264. The van der Waals surface area contributed by atoms with Gasteiger partial charge in [-0.25, -0.2) is 0 Å². The lowest BCUT2D eigenvalue weighted by atomic mass is 10.2. The van der Waals surface area contributed by atoms with Gasteiger partial charge in [0.1, 0.15) is 11.9 Å². The van der Waals surface area contributed by atoms with Crippen LogP contribution in [0.25, 0.3) is 0 Å². The summed E-state index contributed by atoms with van der Waals surface area (Å²) in [6, 6.07) is 14.4. The predicted molar refractivity (Wildman–Crippen MR) is 87.0 cm³/mol. The molecule has 2 rings (SSSR count). The van der Waals surface area contributed by atoms with Crippen molar-refractivity contribution in [1.29, 1.82) is 0 Å². The van der Waals surface area contributed by atoms with E-state index < -0.39 is 11.7 Å². The molecule has 2 aromatic carbocycles. The fraction of sp³-hybridized carbons (Fsp3) is 0.294. The standard InChI is InChI=1S/C17H18F3NO.ClH/c1-21-12-11-16(13-5-3-2-4-6-13)22-15-9-7-14(8-10-15)17(18,19)20;/h2-10,16,21H,11-12H2,1H3;1H/i2+1,3+1,4+1,5+1,6+1,13+1;. The van der Waals surface area contributed by atoms with Gasteiger partial charge in [-0.15, -0.1) is 12.4 Å². The number of benzene rings is 2. The van der Waals surface area contributed by atoms with Crippen LogP contribution in [-0.2, 0) is 6.18 Å². The van der Waals surface area contributed by atoms with E-state index >= 15 is 0 Å². The van der Waals surface area contributed by atoms with Crippen LogP contribution >= 0.6 is 12.4 Å². The van der Waals surface area contributed by atoms with Crippen LogP contribution in [0.15, 0.2) is 54.6 Å². The molecule has 1 unspecified atom stereocenters. The summed E-state index contributed by atoms with van der Waals surface area (Å²) in [4.78, 5) is 0. The molecule has 0 spiro atoms. The molecule has 0 aliphatic heterocycles. The molecule has 0 aliphatic rings. The molecule has 0 radical (unpaired) electrons. The average Bonchev–Trinajstić information content (AvgIpc) is 2.52. The Morgan fingerprint density at radius 2 is 1.61 bits per heavy atom. The Morgan fingerprint density at radius 3 is 2.13 bits per heavy atom. The topological polar surface area (TPSA) is 21.3 Å². The molecule has 2 nitrogen and oxygen atoms in total. The average molecular weight is 352 g/mol. The third-order valence-electron chi connectivity index (χ3n) is 3.29. The van der Waals surface area contributed by atoms with Crippen molar-refractivity contribution in [2.24, 2.45) is 0 Å². The summed E-state index contributed by atoms with van der Waals surface area (Å²) in [5.41, 5.74) is 0.323. The second-order valence-corrected chi connectivity index (χ2v) is 4.93. The van der Waals surface area contributed by atoms with Gasteiger partial charge in [0.05, 0.1) is 5.56 Å². The molecule has 0 amide bonds. The molecule has 0 aliphatic carbocycles. The van der Waals surface area contributed by atoms with Gasteiger partial charge in [0.2, 0.25) is 0 Å². The van der Waals surface area contributed by atoms with Crippen LogP contribution in [0.4, 0.5) is 13.2 Å². The maximum absolute atomic E-state index is 12.6. The Hall–Kier alpha value is -1.72. The monoisotopic (exact) mass is 351 g/mol. The van der Waals surface area contributed by atoms with Crippen molar-refractivity contribution in [3.63, 3.8) is 0 Å². The molecule has 126 valence electrons. The normalized spacial score (nSPS) is 12.3. The number of rotatable bonds is 6. The van der Waals surface area contributed by atoms with Gasteiger partial charge in [-0.1, -0.05) is 30.3 Å². The number of ether oxygens (including phenoxy) is 1. The summed E-state index contributed by atoms with van der Waals surface area (Å²) < 4.78 is 43.6. The highest BCUT2D eigenvalue weighted by molar-refractivity contribution is 5.85. The molecular formula is C17H19ClF3NO. The maximum Gasteiger partial charge on any atom is 0.416 e. The molecule has 0 bridgehead atoms. The zero-order valence-corrected chi connectivity index (χ0v) is 13.5. The van der Waals surface area contributed by atoms with Crippen LogP contribution in [0, 0.1) is 0 Å². The van der Waals surface area contributed by atoms with Gasteiger partial charge in [-0.05, 0) is 43.4 Å². The molecular weight excluding hydrogens is 333 g/mol. The Bertz CT molecular complexity index is 573. The lowest BCUT2D eigenvalue weighted by molar-refractivity contribution is -0.137. The maximum atomic E-state index is 12.6. The SMILES string of the molecule is CNCCC(Oc1ccc(C(F)(F)F)cc1)[13c]1[13cH][13cH][13cH][13cH][13cH]1.Cl. The molecule has 1 N–H and O–H groups in total. The van der Waals surface area contributed by atoms with Gasteiger partial charge in [0.15, 0.2) is 0 Å². The minimum atomic E-state index is -4.33. The van der Waals surface area contributed by atoms with E-state index in [1.165, 1.54) is 12.1 Å². The molecule has 23 heavy (non-hydrogen) atoms. The van der Waals surface area contributed by atoms with Gasteiger partial charge in [0, 0.05) is 6.42 Å². The highest BCUT2D eigenvalue weighted by atomic mass is 35.5. The molecule has 0 aromatic heterocycles. The van der Waals surface area contributed by atoms with Gasteiger partial charge in [-0.2, -0.15) is 13.2 Å². The molecule has 6 heteroatoms. The Kier molecular flexibility index (Phi) is 7.39. The van der Waals surface area contributed by atoms with Crippen LogP contribution in [-0.4, -0.2) is 13.6 Å². The number of alkyl halides is 3. The van der Waals surface area contributed by atoms with Crippen LogP contribution in [0.1, 0.15) is 23.7 Å². The smallest absolute Gasteiger partial charge is 0.416 e. The third kappa shape index (κ3) is 5.77. The van der Waals surface area contributed by atoms with Gasteiger partial charge in [0.25, 0.3) is 0 Å². The molecule has 2 aromatic rings. The van der Waals surface area contributed by atoms with E-state index in [-0.39, 0.29) is 18.5 Å². The molecule has 0 saturated heterocycles. The fourth-order valence-electron chi connectivity index (χ4n) is 2.12. The number of nitrogens with one attached hydrogen (secondary N) is 1. The first-order valence-electron chi connectivity index (χ1n) is 7.04. The number of hydrogen-bond donors (Lipinski definition) is 1. The van der Waals surface area contributed by atoms with Crippen molar-refractivity contribution in [3.8, 4) is 5.75 Å². The first-order chi connectivity index (χ1) is 10.5. The zero-order valence-electron chi connectivity index (χ0n) is 12.6. The van der Waals surface area contributed by atoms with Crippen LogP contribution in [0.5, 0.6) is 5.75 Å². The fourth-order valence-corrected chi connectivity index (χ4v) is 2.12. The van der Waals surface area contributed by atoms with E-state index in [2.05, 4.69) is 5.32 Å². The first-order valence-corrected chi connectivity index (χ1v) is 7.04.